The molecular weight excluding hydrogens is 138 g/mol. The van der Waals surface area contributed by atoms with Gasteiger partial charge < -0.3 is 0 Å². The number of carbonyl (C=O) groups is 1. The van der Waals surface area contributed by atoms with Crippen LogP contribution >= 0.6 is 0 Å². The summed E-state index contributed by atoms with van der Waals surface area (Å²) < 4.78 is 2.04. The average molecular weight is 152 g/mol. The third-order valence-electron chi connectivity index (χ3n) is 1.94. The monoisotopic (exact) mass is 152 g/mol. The molecule has 0 unspecified atom stereocenters. The summed E-state index contributed by atoms with van der Waals surface area (Å²) in [5.74, 6) is 0.143. The largest absolute Gasteiger partial charge is 0.283 e. The van der Waals surface area contributed by atoms with E-state index < -0.39 is 0 Å². The second-order valence-corrected chi connectivity index (χ2v) is 3.17. The van der Waals surface area contributed by atoms with E-state index in [2.05, 4.69) is 13.8 Å². The SMILES string of the molecule is CC1=CC[N+](C(C)C)=CC1=O. The van der Waals surface area contributed by atoms with Gasteiger partial charge in [-0.3, -0.25) is 4.79 Å². The first-order chi connectivity index (χ1) is 5.11. The summed E-state index contributed by atoms with van der Waals surface area (Å²) in [5.41, 5.74) is 0.863. The second kappa shape index (κ2) is 2.99. The zero-order valence-corrected chi connectivity index (χ0v) is 7.29. The topological polar surface area (TPSA) is 20.1 Å². The third kappa shape index (κ3) is 1.76. The molecule has 1 aliphatic rings. The minimum Gasteiger partial charge on any atom is -0.283 e. The van der Waals surface area contributed by atoms with Gasteiger partial charge in [-0.2, -0.15) is 0 Å². The first-order valence-corrected chi connectivity index (χ1v) is 3.93. The van der Waals surface area contributed by atoms with Crippen LogP contribution in [-0.2, 0) is 4.79 Å². The zero-order chi connectivity index (χ0) is 8.43. The molecule has 1 rings (SSSR count). The maximum atomic E-state index is 11.1. The fourth-order valence-electron chi connectivity index (χ4n) is 1.01. The van der Waals surface area contributed by atoms with E-state index in [0.29, 0.717) is 6.04 Å². The van der Waals surface area contributed by atoms with Gasteiger partial charge in [0.2, 0.25) is 12.0 Å². The van der Waals surface area contributed by atoms with Crippen molar-refractivity contribution in [1.29, 1.82) is 0 Å². The molecule has 0 aromatic carbocycles. The van der Waals surface area contributed by atoms with E-state index in [1.165, 1.54) is 0 Å². The van der Waals surface area contributed by atoms with Gasteiger partial charge in [-0.1, -0.05) is 0 Å². The number of ketones is 1. The van der Waals surface area contributed by atoms with Crippen LogP contribution in [0, 0.1) is 0 Å². The summed E-state index contributed by atoms with van der Waals surface area (Å²) in [6.45, 7) is 6.89. The Kier molecular flexibility index (Phi) is 2.22. The third-order valence-corrected chi connectivity index (χ3v) is 1.94. The number of allylic oxidation sites excluding steroid dienone is 1. The number of hydrogen-bond donors (Lipinski definition) is 0. The first-order valence-electron chi connectivity index (χ1n) is 3.93. The first kappa shape index (κ1) is 8.18. The van der Waals surface area contributed by atoms with Crippen molar-refractivity contribution >= 4 is 12.0 Å². The smallest absolute Gasteiger partial charge is 0.244 e. The molecule has 0 spiro atoms. The fourth-order valence-corrected chi connectivity index (χ4v) is 1.01. The summed E-state index contributed by atoms with van der Waals surface area (Å²) in [6.07, 6.45) is 3.67. The van der Waals surface area contributed by atoms with Gasteiger partial charge >= 0.3 is 0 Å². The molecular formula is C9H14NO+. The lowest BCUT2D eigenvalue weighted by molar-refractivity contribution is -0.544. The normalized spacial score (nSPS) is 18.4. The van der Waals surface area contributed by atoms with Crippen LogP contribution in [0.2, 0.25) is 0 Å². The molecule has 0 saturated carbocycles. The summed E-state index contributed by atoms with van der Waals surface area (Å²) in [6, 6.07) is 0.420. The van der Waals surface area contributed by atoms with E-state index in [9.17, 15) is 4.79 Å². The van der Waals surface area contributed by atoms with E-state index in [-0.39, 0.29) is 5.78 Å². The Morgan fingerprint density at radius 1 is 1.55 bits per heavy atom. The Hall–Kier alpha value is -0.920. The predicted octanol–water partition coefficient (Wildman–Crippen LogP) is 1.01. The lowest BCUT2D eigenvalue weighted by Gasteiger charge is -2.08. The van der Waals surface area contributed by atoms with Crippen molar-refractivity contribution in [3.63, 3.8) is 0 Å². The lowest BCUT2D eigenvalue weighted by Crippen LogP contribution is -2.28. The molecule has 11 heavy (non-hydrogen) atoms. The minimum atomic E-state index is 0.143. The molecule has 0 aromatic rings. The van der Waals surface area contributed by atoms with E-state index in [1.54, 1.807) is 6.21 Å². The number of carbonyl (C=O) groups excluding carboxylic acids is 1. The van der Waals surface area contributed by atoms with Gasteiger partial charge in [-0.15, -0.1) is 0 Å². The van der Waals surface area contributed by atoms with Crippen molar-refractivity contribution in [1.82, 2.24) is 0 Å². The Balaban J connectivity index is 2.78. The molecule has 0 bridgehead atoms. The Labute approximate surface area is 67.2 Å². The van der Waals surface area contributed by atoms with Gasteiger partial charge in [0, 0.05) is 5.57 Å². The van der Waals surface area contributed by atoms with Crippen LogP contribution in [0.1, 0.15) is 20.8 Å². The van der Waals surface area contributed by atoms with E-state index >= 15 is 0 Å². The van der Waals surface area contributed by atoms with Crippen LogP contribution in [0.5, 0.6) is 0 Å². The van der Waals surface area contributed by atoms with Crippen LogP contribution in [0.3, 0.4) is 0 Å². The molecule has 0 aliphatic carbocycles. The van der Waals surface area contributed by atoms with Gasteiger partial charge in [-0.05, 0) is 26.8 Å². The highest BCUT2D eigenvalue weighted by atomic mass is 16.1. The highest BCUT2D eigenvalue weighted by Gasteiger charge is 2.17. The summed E-state index contributed by atoms with van der Waals surface area (Å²) in [5, 5.41) is 0. The number of hydrogen-bond acceptors (Lipinski definition) is 1. The highest BCUT2D eigenvalue weighted by molar-refractivity contribution is 6.33. The van der Waals surface area contributed by atoms with Gasteiger partial charge in [-0.25, -0.2) is 4.58 Å². The maximum absolute atomic E-state index is 11.1. The van der Waals surface area contributed by atoms with Gasteiger partial charge in [0.25, 0.3) is 0 Å². The van der Waals surface area contributed by atoms with Crippen molar-refractivity contribution in [2.75, 3.05) is 6.54 Å². The van der Waals surface area contributed by atoms with Gasteiger partial charge in [0.15, 0.2) is 6.54 Å². The summed E-state index contributed by atoms with van der Waals surface area (Å²) in [4.78, 5) is 11.1. The van der Waals surface area contributed by atoms with Crippen LogP contribution in [0.25, 0.3) is 0 Å². The van der Waals surface area contributed by atoms with Crippen LogP contribution in [-0.4, -0.2) is 29.2 Å². The van der Waals surface area contributed by atoms with Gasteiger partial charge in [0.1, 0.15) is 6.04 Å². The Morgan fingerprint density at radius 2 is 2.18 bits per heavy atom. The molecule has 0 fully saturated rings. The predicted molar refractivity (Wildman–Crippen MR) is 45.1 cm³/mol. The lowest BCUT2D eigenvalue weighted by atomic mass is 10.1. The molecule has 0 N–H and O–H groups in total. The van der Waals surface area contributed by atoms with E-state index in [4.69, 9.17) is 0 Å². The molecule has 1 aliphatic heterocycles. The number of Topliss-reactive ketones (excluding diaryl/α,β-unsaturated/α-hetero) is 1. The molecule has 60 valence electrons. The molecule has 0 amide bonds. The molecule has 2 nitrogen and oxygen atoms in total. The summed E-state index contributed by atoms with van der Waals surface area (Å²) in [7, 11) is 0. The highest BCUT2D eigenvalue weighted by Crippen LogP contribution is 2.00. The fraction of sp³-hybridized carbons (Fsp3) is 0.556. The second-order valence-electron chi connectivity index (χ2n) is 3.17. The van der Waals surface area contributed by atoms with Crippen molar-refractivity contribution in [2.24, 2.45) is 0 Å². The molecule has 0 atom stereocenters. The Morgan fingerprint density at radius 3 is 2.64 bits per heavy atom. The average Bonchev–Trinajstić information content (AvgIpc) is 1.94. The van der Waals surface area contributed by atoms with E-state index in [0.717, 1.165) is 12.1 Å². The van der Waals surface area contributed by atoms with E-state index in [1.807, 2.05) is 17.6 Å². The molecule has 1 heterocycles. The number of nitrogens with zero attached hydrogens (tertiary/aromatic N) is 1. The Bertz CT molecular complexity index is 236. The number of rotatable bonds is 1. The minimum absolute atomic E-state index is 0.143. The molecule has 2 heteroatoms. The van der Waals surface area contributed by atoms with Crippen molar-refractivity contribution in [3.05, 3.63) is 11.6 Å². The zero-order valence-electron chi connectivity index (χ0n) is 7.29. The van der Waals surface area contributed by atoms with Crippen molar-refractivity contribution in [3.8, 4) is 0 Å². The molecule has 0 saturated heterocycles. The van der Waals surface area contributed by atoms with Crippen LogP contribution in [0.4, 0.5) is 0 Å². The molecule has 0 radical (unpaired) electrons. The van der Waals surface area contributed by atoms with Gasteiger partial charge in [0.05, 0.1) is 0 Å². The van der Waals surface area contributed by atoms with Crippen LogP contribution < -0.4 is 0 Å². The van der Waals surface area contributed by atoms with Crippen molar-refractivity contribution < 1.29 is 9.37 Å². The quantitative estimate of drug-likeness (QED) is 0.513. The van der Waals surface area contributed by atoms with Crippen LogP contribution in [0.15, 0.2) is 11.6 Å². The molecule has 0 aromatic heterocycles. The maximum Gasteiger partial charge on any atom is 0.244 e. The van der Waals surface area contributed by atoms with Crippen molar-refractivity contribution in [2.45, 2.75) is 26.8 Å². The summed E-state index contributed by atoms with van der Waals surface area (Å²) >= 11 is 0. The standard InChI is InChI=1S/C9H14NO/c1-7(2)10-5-4-8(3)9(11)6-10/h4,6-7H,5H2,1-3H3/q+1.